The Balaban J connectivity index is 1.49. The summed E-state index contributed by atoms with van der Waals surface area (Å²) in [5, 5.41) is 10.4. The number of hydrogen-bond acceptors (Lipinski definition) is 3. The standard InChI is InChI=1S/C26H29FN2O3/c1-15-11-24(32-2)21(19-7-9-28-25(15)19)14-29-10-8-18(20-13-22(20)27)12-23(29)16-3-5-17(6-4-16)26(30)31/h3-7,9,11,18,20,22-23,28H,8,10,12-14H2,1-2H3,(H,30,31)/t18-,20?,22?,23+/m1/s1. The smallest absolute Gasteiger partial charge is 0.335 e. The molecule has 0 spiro atoms. The number of aromatic carboxylic acids is 1. The monoisotopic (exact) mass is 436 g/mol. The predicted molar refractivity (Wildman–Crippen MR) is 122 cm³/mol. The van der Waals surface area contributed by atoms with E-state index in [1.165, 1.54) is 0 Å². The molecule has 1 aliphatic heterocycles. The fourth-order valence-corrected chi connectivity index (χ4v) is 5.47. The highest BCUT2D eigenvalue weighted by Crippen LogP contribution is 2.49. The van der Waals surface area contributed by atoms with Crippen LogP contribution in [0.5, 0.6) is 5.75 Å². The first-order valence-corrected chi connectivity index (χ1v) is 11.3. The first-order chi connectivity index (χ1) is 15.5. The summed E-state index contributed by atoms with van der Waals surface area (Å²) in [5.74, 6) is 0.510. The van der Waals surface area contributed by atoms with Gasteiger partial charge < -0.3 is 14.8 Å². The lowest BCUT2D eigenvalue weighted by molar-refractivity contribution is 0.0696. The first-order valence-electron chi connectivity index (χ1n) is 11.3. The molecule has 1 saturated carbocycles. The number of nitrogens with zero attached hydrogens (tertiary/aromatic N) is 1. The number of ether oxygens (including phenoxy) is 1. The molecule has 5 nitrogen and oxygen atoms in total. The van der Waals surface area contributed by atoms with Gasteiger partial charge >= 0.3 is 5.97 Å². The number of likely N-dealkylation sites (tertiary alicyclic amines) is 1. The van der Waals surface area contributed by atoms with Crippen molar-refractivity contribution in [3.05, 3.63) is 64.8 Å². The third-order valence-corrected chi connectivity index (χ3v) is 7.35. The number of carboxylic acid groups (broad SMARTS) is 1. The number of benzene rings is 2. The number of methoxy groups -OCH3 is 1. The number of aromatic amines is 1. The third-order valence-electron chi connectivity index (χ3n) is 7.35. The summed E-state index contributed by atoms with van der Waals surface area (Å²) in [6, 6.07) is 11.5. The van der Waals surface area contributed by atoms with Gasteiger partial charge in [-0.3, -0.25) is 4.90 Å². The van der Waals surface area contributed by atoms with E-state index in [1.807, 2.05) is 18.3 Å². The molecule has 2 unspecified atom stereocenters. The minimum Gasteiger partial charge on any atom is -0.496 e. The maximum Gasteiger partial charge on any atom is 0.335 e. The molecular weight excluding hydrogens is 407 g/mol. The van der Waals surface area contributed by atoms with Crippen molar-refractivity contribution < 1.29 is 19.0 Å². The molecule has 1 aromatic heterocycles. The number of piperidine rings is 1. The molecule has 3 aromatic rings. The van der Waals surface area contributed by atoms with E-state index in [1.54, 1.807) is 19.2 Å². The van der Waals surface area contributed by atoms with Crippen molar-refractivity contribution in [2.45, 2.75) is 44.9 Å². The van der Waals surface area contributed by atoms with Crippen molar-refractivity contribution in [3.8, 4) is 5.75 Å². The van der Waals surface area contributed by atoms with E-state index in [9.17, 15) is 14.3 Å². The van der Waals surface area contributed by atoms with Crippen molar-refractivity contribution >= 4 is 16.9 Å². The molecule has 5 rings (SSSR count). The van der Waals surface area contributed by atoms with Gasteiger partial charge in [0.05, 0.1) is 12.7 Å². The van der Waals surface area contributed by atoms with Crippen LogP contribution in [0.15, 0.2) is 42.6 Å². The van der Waals surface area contributed by atoms with Crippen LogP contribution in [0.1, 0.15) is 52.4 Å². The Morgan fingerprint density at radius 3 is 2.66 bits per heavy atom. The molecule has 2 aliphatic rings. The van der Waals surface area contributed by atoms with Crippen LogP contribution >= 0.6 is 0 Å². The lowest BCUT2D eigenvalue weighted by Gasteiger charge is -2.40. The van der Waals surface area contributed by atoms with Gasteiger partial charge in [0, 0.05) is 35.2 Å². The molecule has 1 saturated heterocycles. The van der Waals surface area contributed by atoms with Crippen LogP contribution in [-0.4, -0.2) is 40.8 Å². The second-order valence-electron chi connectivity index (χ2n) is 9.25. The van der Waals surface area contributed by atoms with Crippen molar-refractivity contribution in [2.75, 3.05) is 13.7 Å². The number of alkyl halides is 1. The number of fused-ring (bicyclic) bond motifs is 1. The Bertz CT molecular complexity index is 1140. The first kappa shape index (κ1) is 21.0. The number of H-pyrrole nitrogens is 1. The van der Waals surface area contributed by atoms with Crippen LogP contribution < -0.4 is 4.74 Å². The number of nitrogens with one attached hydrogen (secondary N) is 1. The van der Waals surface area contributed by atoms with Gasteiger partial charge in [0.1, 0.15) is 11.9 Å². The Morgan fingerprint density at radius 1 is 1.25 bits per heavy atom. The third kappa shape index (κ3) is 3.77. The molecule has 2 N–H and O–H groups in total. The summed E-state index contributed by atoms with van der Waals surface area (Å²) in [4.78, 5) is 17.1. The molecule has 1 aliphatic carbocycles. The van der Waals surface area contributed by atoms with Gasteiger partial charge in [-0.1, -0.05) is 12.1 Å². The number of carbonyl (C=O) groups is 1. The quantitative estimate of drug-likeness (QED) is 0.536. The number of hydrogen-bond donors (Lipinski definition) is 2. The van der Waals surface area contributed by atoms with E-state index in [0.717, 1.165) is 59.3 Å². The summed E-state index contributed by atoms with van der Waals surface area (Å²) < 4.78 is 19.6. The van der Waals surface area contributed by atoms with Crippen molar-refractivity contribution in [1.29, 1.82) is 0 Å². The fourth-order valence-electron chi connectivity index (χ4n) is 5.47. The van der Waals surface area contributed by atoms with Crippen LogP contribution in [0, 0.1) is 18.8 Å². The van der Waals surface area contributed by atoms with Gasteiger partial charge in [0.25, 0.3) is 0 Å². The number of carboxylic acids is 1. The lowest BCUT2D eigenvalue weighted by atomic mass is 9.83. The zero-order chi connectivity index (χ0) is 22.4. The summed E-state index contributed by atoms with van der Waals surface area (Å²) in [6.07, 6.45) is 3.87. The second kappa shape index (κ2) is 8.24. The van der Waals surface area contributed by atoms with E-state index in [0.29, 0.717) is 12.3 Å². The average Bonchev–Trinajstić information content (AvgIpc) is 3.31. The number of aryl methyl sites for hydroxylation is 1. The molecule has 4 atom stereocenters. The van der Waals surface area contributed by atoms with E-state index < -0.39 is 12.1 Å². The van der Waals surface area contributed by atoms with E-state index in [2.05, 4.69) is 28.9 Å². The van der Waals surface area contributed by atoms with Gasteiger partial charge in [-0.05, 0) is 80.0 Å². The zero-order valence-electron chi connectivity index (χ0n) is 18.5. The van der Waals surface area contributed by atoms with Gasteiger partial charge in [0.2, 0.25) is 0 Å². The number of halogens is 1. The van der Waals surface area contributed by atoms with Crippen LogP contribution in [0.4, 0.5) is 4.39 Å². The van der Waals surface area contributed by atoms with Crippen molar-refractivity contribution in [2.24, 2.45) is 11.8 Å². The topological polar surface area (TPSA) is 65.6 Å². The molecule has 32 heavy (non-hydrogen) atoms. The Kier molecular flexibility index (Phi) is 5.41. The maximum atomic E-state index is 13.9. The highest BCUT2D eigenvalue weighted by molar-refractivity contribution is 5.88. The van der Waals surface area contributed by atoms with Crippen LogP contribution in [-0.2, 0) is 6.54 Å². The average molecular weight is 437 g/mol. The summed E-state index contributed by atoms with van der Waals surface area (Å²) in [6.45, 7) is 3.67. The SMILES string of the molecule is COc1cc(C)c2[nH]ccc2c1CN1CC[C@@H](C2CC2F)C[C@H]1c1ccc(C(=O)O)cc1. The Hall–Kier alpha value is -2.86. The molecule has 2 heterocycles. The predicted octanol–water partition coefficient (Wildman–Crippen LogP) is 5.49. The van der Waals surface area contributed by atoms with Gasteiger partial charge in [0.15, 0.2) is 0 Å². The lowest BCUT2D eigenvalue weighted by Crippen LogP contribution is -2.37. The van der Waals surface area contributed by atoms with Crippen molar-refractivity contribution in [3.63, 3.8) is 0 Å². The molecule has 6 heteroatoms. The molecule has 2 aromatic carbocycles. The minimum absolute atomic E-state index is 0.115. The Labute approximate surface area is 187 Å². The van der Waals surface area contributed by atoms with Gasteiger partial charge in [-0.2, -0.15) is 0 Å². The number of rotatable bonds is 6. The van der Waals surface area contributed by atoms with Gasteiger partial charge in [-0.25, -0.2) is 9.18 Å². The Morgan fingerprint density at radius 2 is 2.00 bits per heavy atom. The maximum absolute atomic E-state index is 13.9. The van der Waals surface area contributed by atoms with E-state index >= 15 is 0 Å². The molecular formula is C26H29FN2O3. The molecule has 0 bridgehead atoms. The largest absolute Gasteiger partial charge is 0.496 e. The van der Waals surface area contributed by atoms with Crippen molar-refractivity contribution in [1.82, 2.24) is 9.88 Å². The zero-order valence-corrected chi connectivity index (χ0v) is 18.5. The normalized spacial score (nSPS) is 25.7. The molecule has 0 amide bonds. The summed E-state index contributed by atoms with van der Waals surface area (Å²) >= 11 is 0. The number of aromatic nitrogens is 1. The fraction of sp³-hybridized carbons (Fsp3) is 0.423. The van der Waals surface area contributed by atoms with Gasteiger partial charge in [-0.15, -0.1) is 0 Å². The van der Waals surface area contributed by atoms with Crippen LogP contribution in [0.3, 0.4) is 0 Å². The van der Waals surface area contributed by atoms with E-state index in [-0.39, 0.29) is 17.5 Å². The highest BCUT2D eigenvalue weighted by atomic mass is 19.1. The van der Waals surface area contributed by atoms with Crippen LogP contribution in [0.2, 0.25) is 0 Å². The molecule has 2 fully saturated rings. The summed E-state index contributed by atoms with van der Waals surface area (Å²) in [7, 11) is 1.71. The molecule has 0 radical (unpaired) electrons. The second-order valence-corrected chi connectivity index (χ2v) is 9.25. The summed E-state index contributed by atoms with van der Waals surface area (Å²) in [5.41, 5.74) is 4.79. The minimum atomic E-state index is -0.924. The van der Waals surface area contributed by atoms with E-state index in [4.69, 9.17) is 4.74 Å². The highest BCUT2D eigenvalue weighted by Gasteiger charge is 2.46. The molecule has 168 valence electrons. The van der Waals surface area contributed by atoms with Crippen LogP contribution in [0.25, 0.3) is 10.9 Å².